The minimum atomic E-state index is -0.188. The van der Waals surface area contributed by atoms with Crippen molar-refractivity contribution in [3.63, 3.8) is 0 Å². The van der Waals surface area contributed by atoms with E-state index in [1.807, 2.05) is 23.9 Å². The molecule has 2 saturated heterocycles. The molecule has 0 radical (unpaired) electrons. The van der Waals surface area contributed by atoms with Crippen LogP contribution in [0.15, 0.2) is 29.3 Å². The van der Waals surface area contributed by atoms with E-state index in [1.54, 1.807) is 0 Å². The minimum Gasteiger partial charge on any atom is -0.381 e. The van der Waals surface area contributed by atoms with E-state index in [9.17, 15) is 4.39 Å². The number of rotatable bonds is 3. The summed E-state index contributed by atoms with van der Waals surface area (Å²) in [6.07, 6.45) is 2.96. The molecule has 1 spiro atoms. The lowest BCUT2D eigenvalue weighted by molar-refractivity contribution is 0.0555. The summed E-state index contributed by atoms with van der Waals surface area (Å²) in [5.74, 6) is 0.894. The van der Waals surface area contributed by atoms with E-state index in [2.05, 4.69) is 12.2 Å². The summed E-state index contributed by atoms with van der Waals surface area (Å²) < 4.78 is 18.3. The second-order valence-corrected chi connectivity index (χ2v) is 6.88. The van der Waals surface area contributed by atoms with E-state index in [0.717, 1.165) is 49.0 Å². The number of benzene rings is 1. The zero-order valence-electron chi connectivity index (χ0n) is 12.3. The lowest BCUT2D eigenvalue weighted by Crippen LogP contribution is -2.48. The van der Waals surface area contributed by atoms with Gasteiger partial charge in [0.2, 0.25) is 0 Å². The van der Waals surface area contributed by atoms with Crippen LogP contribution in [-0.4, -0.2) is 35.7 Å². The van der Waals surface area contributed by atoms with Crippen molar-refractivity contribution in [3.8, 4) is 0 Å². The smallest absolute Gasteiger partial charge is 0.157 e. The number of nitrogens with one attached hydrogen (secondary N) is 1. The van der Waals surface area contributed by atoms with Crippen molar-refractivity contribution in [1.82, 2.24) is 5.32 Å². The maximum atomic E-state index is 12.9. The molecular formula is C16H21FN2OS. The van der Waals surface area contributed by atoms with E-state index < -0.39 is 0 Å². The van der Waals surface area contributed by atoms with Gasteiger partial charge in [-0.3, -0.25) is 4.99 Å². The van der Waals surface area contributed by atoms with Gasteiger partial charge < -0.3 is 10.1 Å². The van der Waals surface area contributed by atoms with Crippen molar-refractivity contribution < 1.29 is 9.13 Å². The van der Waals surface area contributed by atoms with Gasteiger partial charge >= 0.3 is 0 Å². The van der Waals surface area contributed by atoms with E-state index in [-0.39, 0.29) is 17.4 Å². The Kier molecular flexibility index (Phi) is 4.50. The first kappa shape index (κ1) is 14.9. The molecular weight excluding hydrogens is 287 g/mol. The van der Waals surface area contributed by atoms with Gasteiger partial charge in [-0.05, 0) is 43.9 Å². The minimum absolute atomic E-state index is 0.188. The van der Waals surface area contributed by atoms with Crippen molar-refractivity contribution in [2.45, 2.75) is 37.8 Å². The molecule has 0 amide bonds. The fourth-order valence-corrected chi connectivity index (χ4v) is 4.13. The Morgan fingerprint density at radius 2 is 2.05 bits per heavy atom. The molecule has 0 bridgehead atoms. The van der Waals surface area contributed by atoms with Crippen LogP contribution in [0.25, 0.3) is 0 Å². The first-order valence-corrected chi connectivity index (χ1v) is 8.45. The zero-order valence-corrected chi connectivity index (χ0v) is 13.1. The molecule has 1 aromatic rings. The summed E-state index contributed by atoms with van der Waals surface area (Å²) >= 11 is 1.81. The van der Waals surface area contributed by atoms with Gasteiger partial charge in [0.25, 0.3) is 0 Å². The van der Waals surface area contributed by atoms with Crippen LogP contribution in [0.3, 0.4) is 0 Å². The Hall–Kier alpha value is -1.07. The Morgan fingerprint density at radius 1 is 1.33 bits per heavy atom. The van der Waals surface area contributed by atoms with Crippen LogP contribution in [0.2, 0.25) is 0 Å². The Morgan fingerprint density at radius 3 is 2.76 bits per heavy atom. The first-order valence-electron chi connectivity index (χ1n) is 7.46. The molecule has 1 N–H and O–H groups in total. The van der Waals surface area contributed by atoms with E-state index in [1.165, 1.54) is 12.1 Å². The number of amidine groups is 1. The molecule has 3 nitrogen and oxygen atoms in total. The van der Waals surface area contributed by atoms with Crippen LogP contribution >= 0.6 is 11.8 Å². The van der Waals surface area contributed by atoms with Gasteiger partial charge in [0.1, 0.15) is 5.82 Å². The van der Waals surface area contributed by atoms with Gasteiger partial charge in [-0.25, -0.2) is 4.39 Å². The highest BCUT2D eigenvalue weighted by Crippen LogP contribution is 2.32. The normalized spacial score (nSPS) is 24.2. The van der Waals surface area contributed by atoms with E-state index in [4.69, 9.17) is 9.73 Å². The molecule has 1 unspecified atom stereocenters. The van der Waals surface area contributed by atoms with Gasteiger partial charge in [0.15, 0.2) is 5.17 Å². The van der Waals surface area contributed by atoms with Gasteiger partial charge in [0.05, 0.1) is 11.6 Å². The van der Waals surface area contributed by atoms with Gasteiger partial charge in [0, 0.05) is 19.0 Å². The predicted molar refractivity (Wildman–Crippen MR) is 85.4 cm³/mol. The van der Waals surface area contributed by atoms with Crippen LogP contribution in [0.1, 0.15) is 25.3 Å². The van der Waals surface area contributed by atoms with Gasteiger partial charge in [-0.15, -0.1) is 0 Å². The number of nitrogens with zero attached hydrogens (tertiary/aromatic N) is 1. The van der Waals surface area contributed by atoms with Crippen molar-refractivity contribution in [1.29, 1.82) is 0 Å². The third-order valence-corrected chi connectivity index (χ3v) is 5.27. The summed E-state index contributed by atoms with van der Waals surface area (Å²) in [6.45, 7) is 3.78. The number of ether oxygens (including phenoxy) is 1. The van der Waals surface area contributed by atoms with Crippen LogP contribution in [0, 0.1) is 5.82 Å². The van der Waals surface area contributed by atoms with Crippen LogP contribution in [-0.2, 0) is 11.2 Å². The van der Waals surface area contributed by atoms with Crippen LogP contribution < -0.4 is 5.32 Å². The largest absolute Gasteiger partial charge is 0.381 e. The Balaban J connectivity index is 1.58. The molecule has 5 heteroatoms. The maximum absolute atomic E-state index is 12.9. The Bertz CT molecular complexity index is 512. The monoisotopic (exact) mass is 308 g/mol. The first-order chi connectivity index (χ1) is 10.2. The Labute approximate surface area is 129 Å². The molecule has 0 saturated carbocycles. The third-order valence-electron chi connectivity index (χ3n) is 4.09. The fraction of sp³-hybridized carbons (Fsp3) is 0.562. The summed E-state index contributed by atoms with van der Waals surface area (Å²) in [5.41, 5.74) is 1.31. The molecule has 1 aromatic carbocycles. The van der Waals surface area contributed by atoms with Crippen molar-refractivity contribution >= 4 is 16.9 Å². The molecule has 1 atom stereocenters. The SMILES string of the molecule is CC(Cc1ccc(F)cc1)N=C1NC2(CCOCC2)CS1. The molecule has 21 heavy (non-hydrogen) atoms. The molecule has 2 fully saturated rings. The summed E-state index contributed by atoms with van der Waals surface area (Å²) in [5, 5.41) is 4.65. The van der Waals surface area contributed by atoms with Crippen molar-refractivity contribution in [2.24, 2.45) is 4.99 Å². The number of thioether (sulfide) groups is 1. The zero-order chi connectivity index (χ0) is 14.7. The predicted octanol–water partition coefficient (Wildman–Crippen LogP) is 3.00. The topological polar surface area (TPSA) is 33.6 Å². The number of aliphatic imine (C=N–C) groups is 1. The highest BCUT2D eigenvalue weighted by atomic mass is 32.2. The van der Waals surface area contributed by atoms with Crippen LogP contribution in [0.4, 0.5) is 4.39 Å². The van der Waals surface area contributed by atoms with Gasteiger partial charge in [-0.1, -0.05) is 23.9 Å². The molecule has 3 rings (SSSR count). The van der Waals surface area contributed by atoms with Crippen molar-refractivity contribution in [2.75, 3.05) is 19.0 Å². The summed E-state index contributed by atoms with van der Waals surface area (Å²) in [4.78, 5) is 4.78. The molecule has 114 valence electrons. The fourth-order valence-electron chi connectivity index (χ4n) is 2.81. The molecule has 0 aromatic heterocycles. The van der Waals surface area contributed by atoms with E-state index >= 15 is 0 Å². The van der Waals surface area contributed by atoms with E-state index in [0.29, 0.717) is 0 Å². The quantitative estimate of drug-likeness (QED) is 0.932. The maximum Gasteiger partial charge on any atom is 0.157 e. The third kappa shape index (κ3) is 3.77. The lowest BCUT2D eigenvalue weighted by Gasteiger charge is -2.32. The molecule has 2 heterocycles. The summed E-state index contributed by atoms with van der Waals surface area (Å²) in [7, 11) is 0. The van der Waals surface area contributed by atoms with Gasteiger partial charge in [-0.2, -0.15) is 0 Å². The number of halogens is 1. The number of hydrogen-bond acceptors (Lipinski definition) is 3. The average molecular weight is 308 g/mol. The molecule has 2 aliphatic heterocycles. The standard InChI is InChI=1S/C16H21FN2OS/c1-12(10-13-2-4-14(17)5-3-13)18-15-19-16(11-21-15)6-8-20-9-7-16/h2-5,12H,6-11H2,1H3,(H,18,19). The molecule has 0 aliphatic carbocycles. The van der Waals surface area contributed by atoms with Crippen LogP contribution in [0.5, 0.6) is 0 Å². The molecule has 2 aliphatic rings. The highest BCUT2D eigenvalue weighted by Gasteiger charge is 2.38. The van der Waals surface area contributed by atoms with Crippen molar-refractivity contribution in [3.05, 3.63) is 35.6 Å². The second-order valence-electron chi connectivity index (χ2n) is 5.92. The average Bonchev–Trinajstić information content (AvgIpc) is 2.84. The highest BCUT2D eigenvalue weighted by molar-refractivity contribution is 8.14. The lowest BCUT2D eigenvalue weighted by atomic mass is 9.93. The summed E-state index contributed by atoms with van der Waals surface area (Å²) in [6, 6.07) is 6.88. The second kappa shape index (κ2) is 6.36. The number of hydrogen-bond donors (Lipinski definition) is 1.